The summed E-state index contributed by atoms with van der Waals surface area (Å²) in [6.07, 6.45) is 3.62. The van der Waals surface area contributed by atoms with Crippen LogP contribution in [0.25, 0.3) is 0 Å². The highest BCUT2D eigenvalue weighted by atomic mass is 32.1. The molecule has 0 saturated carbocycles. The van der Waals surface area contributed by atoms with E-state index in [1.165, 1.54) is 31.4 Å². The maximum Gasteiger partial charge on any atom is 0.175 e. The molecule has 0 bridgehead atoms. The van der Waals surface area contributed by atoms with Crippen LogP contribution in [0.4, 0.5) is 25.8 Å². The number of piperidine rings is 1. The van der Waals surface area contributed by atoms with Crippen molar-refractivity contribution in [3.63, 3.8) is 0 Å². The van der Waals surface area contributed by atoms with Gasteiger partial charge in [0.1, 0.15) is 11.6 Å². The highest BCUT2D eigenvalue weighted by molar-refractivity contribution is 7.80. The molecule has 0 unspecified atom stereocenters. The van der Waals surface area contributed by atoms with Gasteiger partial charge in [-0.2, -0.15) is 0 Å². The molecule has 24 heavy (non-hydrogen) atoms. The minimum absolute atomic E-state index is 0.143. The number of nitrogens with one attached hydrogen (secondary N) is 2. The van der Waals surface area contributed by atoms with Gasteiger partial charge in [-0.1, -0.05) is 12.1 Å². The number of hydrogen-bond acceptors (Lipinski definition) is 2. The summed E-state index contributed by atoms with van der Waals surface area (Å²) in [6, 6.07) is 11.3. The molecule has 1 aliphatic rings. The Hall–Kier alpha value is -2.21. The average molecular weight is 347 g/mol. The van der Waals surface area contributed by atoms with Crippen molar-refractivity contribution in [1.82, 2.24) is 0 Å². The van der Waals surface area contributed by atoms with E-state index < -0.39 is 11.6 Å². The monoisotopic (exact) mass is 347 g/mol. The molecule has 2 aromatic rings. The summed E-state index contributed by atoms with van der Waals surface area (Å²) in [4.78, 5) is 2.33. The molecule has 3 rings (SSSR count). The van der Waals surface area contributed by atoms with Gasteiger partial charge in [0.15, 0.2) is 5.11 Å². The van der Waals surface area contributed by atoms with Crippen LogP contribution in [-0.2, 0) is 0 Å². The van der Waals surface area contributed by atoms with Crippen molar-refractivity contribution in [1.29, 1.82) is 0 Å². The zero-order chi connectivity index (χ0) is 16.9. The summed E-state index contributed by atoms with van der Waals surface area (Å²) < 4.78 is 26.7. The number of anilines is 3. The first-order valence-corrected chi connectivity index (χ1v) is 8.41. The molecular weight excluding hydrogens is 328 g/mol. The Kier molecular flexibility index (Phi) is 5.25. The highest BCUT2D eigenvalue weighted by Gasteiger charge is 2.15. The topological polar surface area (TPSA) is 27.3 Å². The number of nitrogens with zero attached hydrogens (tertiary/aromatic N) is 1. The second-order valence-corrected chi connectivity index (χ2v) is 6.18. The molecule has 0 amide bonds. The quantitative estimate of drug-likeness (QED) is 0.783. The fourth-order valence-electron chi connectivity index (χ4n) is 2.86. The van der Waals surface area contributed by atoms with Gasteiger partial charge in [0, 0.05) is 19.2 Å². The molecule has 6 heteroatoms. The van der Waals surface area contributed by atoms with Crippen LogP contribution >= 0.6 is 12.2 Å². The zero-order valence-corrected chi connectivity index (χ0v) is 14.0. The second-order valence-electron chi connectivity index (χ2n) is 5.77. The molecule has 2 N–H and O–H groups in total. The molecule has 0 aromatic heterocycles. The minimum Gasteiger partial charge on any atom is -0.370 e. The molecular formula is C18H19F2N3S. The maximum atomic E-state index is 13.7. The summed E-state index contributed by atoms with van der Waals surface area (Å²) in [5.74, 6) is -1.30. The molecule has 1 fully saturated rings. The van der Waals surface area contributed by atoms with Gasteiger partial charge in [0.05, 0.1) is 17.1 Å². The van der Waals surface area contributed by atoms with E-state index in [0.29, 0.717) is 0 Å². The molecule has 0 spiro atoms. The van der Waals surface area contributed by atoms with Crippen molar-refractivity contribution >= 4 is 34.4 Å². The maximum absolute atomic E-state index is 13.7. The van der Waals surface area contributed by atoms with Crippen LogP contribution < -0.4 is 15.5 Å². The zero-order valence-electron chi connectivity index (χ0n) is 13.2. The summed E-state index contributed by atoms with van der Waals surface area (Å²) in [5, 5.41) is 6.16. The van der Waals surface area contributed by atoms with Crippen molar-refractivity contribution in [2.75, 3.05) is 28.6 Å². The Bertz CT molecular complexity index is 730. The Morgan fingerprint density at radius 3 is 2.38 bits per heavy atom. The Morgan fingerprint density at radius 2 is 1.62 bits per heavy atom. The largest absolute Gasteiger partial charge is 0.370 e. The summed E-state index contributed by atoms with van der Waals surface area (Å²) in [6.45, 7) is 2.04. The lowest BCUT2D eigenvalue weighted by molar-refractivity contribution is 0.578. The highest BCUT2D eigenvalue weighted by Crippen LogP contribution is 2.28. The molecule has 0 aliphatic carbocycles. The predicted molar refractivity (Wildman–Crippen MR) is 98.7 cm³/mol. The molecule has 1 aliphatic heterocycles. The third-order valence-electron chi connectivity index (χ3n) is 4.03. The van der Waals surface area contributed by atoms with Crippen LogP contribution in [-0.4, -0.2) is 18.2 Å². The number of hydrogen-bond donors (Lipinski definition) is 2. The molecule has 2 aromatic carbocycles. The number of rotatable bonds is 3. The van der Waals surface area contributed by atoms with Crippen LogP contribution in [0.2, 0.25) is 0 Å². The molecule has 1 saturated heterocycles. The normalized spacial score (nSPS) is 14.3. The third-order valence-corrected chi connectivity index (χ3v) is 4.23. The smallest absolute Gasteiger partial charge is 0.175 e. The standard InChI is InChI=1S/C18H19F2N3S/c19-13-8-9-15(14(20)12-13)21-18(24)22-16-6-2-3-7-17(16)23-10-4-1-5-11-23/h2-3,6-9,12H,1,4-5,10-11H2,(H2,21,22,24). The van der Waals surface area contributed by atoms with Gasteiger partial charge in [-0.3, -0.25) is 0 Å². The first-order valence-electron chi connectivity index (χ1n) is 8.00. The Morgan fingerprint density at radius 1 is 0.917 bits per heavy atom. The van der Waals surface area contributed by atoms with Gasteiger partial charge in [0.2, 0.25) is 0 Å². The van der Waals surface area contributed by atoms with Gasteiger partial charge in [0.25, 0.3) is 0 Å². The van der Waals surface area contributed by atoms with Crippen LogP contribution in [0.3, 0.4) is 0 Å². The third kappa shape index (κ3) is 4.00. The van der Waals surface area contributed by atoms with E-state index in [1.807, 2.05) is 18.2 Å². The van der Waals surface area contributed by atoms with E-state index >= 15 is 0 Å². The number of para-hydroxylation sites is 2. The van der Waals surface area contributed by atoms with E-state index in [4.69, 9.17) is 12.2 Å². The van der Waals surface area contributed by atoms with E-state index in [-0.39, 0.29) is 10.8 Å². The van der Waals surface area contributed by atoms with Crippen molar-refractivity contribution in [3.8, 4) is 0 Å². The van der Waals surface area contributed by atoms with E-state index in [1.54, 1.807) is 0 Å². The second kappa shape index (κ2) is 7.57. The van der Waals surface area contributed by atoms with Crippen LogP contribution in [0.15, 0.2) is 42.5 Å². The Labute approximate surface area is 145 Å². The Balaban J connectivity index is 1.72. The van der Waals surface area contributed by atoms with E-state index in [9.17, 15) is 8.78 Å². The SMILES string of the molecule is Fc1ccc(NC(=S)Nc2ccccc2N2CCCCC2)c(F)c1. The fraction of sp³-hybridized carbons (Fsp3) is 0.278. The van der Waals surface area contributed by atoms with Crippen LogP contribution in [0, 0.1) is 11.6 Å². The van der Waals surface area contributed by atoms with E-state index in [0.717, 1.165) is 30.5 Å². The van der Waals surface area contributed by atoms with Gasteiger partial charge in [-0.25, -0.2) is 8.78 Å². The summed E-state index contributed by atoms with van der Waals surface area (Å²) in [5.41, 5.74) is 2.10. The van der Waals surface area contributed by atoms with Gasteiger partial charge < -0.3 is 15.5 Å². The van der Waals surface area contributed by atoms with Crippen molar-refractivity contribution < 1.29 is 8.78 Å². The van der Waals surface area contributed by atoms with Gasteiger partial charge in [-0.05, 0) is 55.7 Å². The summed E-state index contributed by atoms with van der Waals surface area (Å²) in [7, 11) is 0. The molecule has 0 radical (unpaired) electrons. The lowest BCUT2D eigenvalue weighted by Crippen LogP contribution is -2.30. The molecule has 3 nitrogen and oxygen atoms in total. The number of halogens is 2. The first kappa shape index (κ1) is 16.6. The molecule has 126 valence electrons. The van der Waals surface area contributed by atoms with Crippen molar-refractivity contribution in [2.24, 2.45) is 0 Å². The molecule has 1 heterocycles. The lowest BCUT2D eigenvalue weighted by Gasteiger charge is -2.30. The number of benzene rings is 2. The minimum atomic E-state index is -0.677. The first-order chi connectivity index (χ1) is 11.6. The predicted octanol–water partition coefficient (Wildman–Crippen LogP) is 4.76. The lowest BCUT2D eigenvalue weighted by atomic mass is 10.1. The van der Waals surface area contributed by atoms with Crippen molar-refractivity contribution in [2.45, 2.75) is 19.3 Å². The van der Waals surface area contributed by atoms with Gasteiger partial charge >= 0.3 is 0 Å². The van der Waals surface area contributed by atoms with Crippen LogP contribution in [0.5, 0.6) is 0 Å². The van der Waals surface area contributed by atoms with E-state index in [2.05, 4.69) is 21.6 Å². The average Bonchev–Trinajstić information content (AvgIpc) is 2.59. The molecule has 0 atom stereocenters. The van der Waals surface area contributed by atoms with Crippen molar-refractivity contribution in [3.05, 3.63) is 54.1 Å². The summed E-state index contributed by atoms with van der Waals surface area (Å²) >= 11 is 5.27. The van der Waals surface area contributed by atoms with Crippen LogP contribution in [0.1, 0.15) is 19.3 Å². The fourth-order valence-corrected chi connectivity index (χ4v) is 3.08. The number of thiocarbonyl (C=S) groups is 1. The van der Waals surface area contributed by atoms with Gasteiger partial charge in [-0.15, -0.1) is 0 Å².